The molecule has 128 valence electrons. The normalized spacial score (nSPS) is 11.2. The Hall–Kier alpha value is -1.23. The van der Waals surface area contributed by atoms with E-state index in [2.05, 4.69) is 49.6 Å². The highest BCUT2D eigenvalue weighted by Gasteiger charge is 2.09. The molecule has 2 heterocycles. The Morgan fingerprint density at radius 1 is 1.43 bits per heavy atom. The van der Waals surface area contributed by atoms with Crippen molar-refractivity contribution in [3.05, 3.63) is 28.2 Å². The molecular formula is C14H24IN7S. The third-order valence-corrected chi connectivity index (χ3v) is 3.99. The SMILES string of the molecule is CCNC(=NCc1nncn1CC)N(C)Cc1csc(C)n1.I. The fourth-order valence-electron chi connectivity index (χ4n) is 2.08. The monoisotopic (exact) mass is 449 g/mol. The first kappa shape index (κ1) is 19.8. The fourth-order valence-corrected chi connectivity index (χ4v) is 2.68. The molecule has 0 amide bonds. The molecule has 0 aliphatic rings. The number of aryl methyl sites for hydroxylation is 2. The molecular weight excluding hydrogens is 425 g/mol. The van der Waals surface area contributed by atoms with Crippen LogP contribution in [0.3, 0.4) is 0 Å². The second kappa shape index (κ2) is 9.81. The topological polar surface area (TPSA) is 71.2 Å². The van der Waals surface area contributed by atoms with Crippen LogP contribution >= 0.6 is 35.3 Å². The van der Waals surface area contributed by atoms with Crippen LogP contribution in [0.2, 0.25) is 0 Å². The van der Waals surface area contributed by atoms with Crippen molar-refractivity contribution in [2.75, 3.05) is 13.6 Å². The predicted molar refractivity (Wildman–Crippen MR) is 104 cm³/mol. The van der Waals surface area contributed by atoms with Crippen LogP contribution in [-0.2, 0) is 19.6 Å². The lowest BCUT2D eigenvalue weighted by Gasteiger charge is -2.21. The highest BCUT2D eigenvalue weighted by Crippen LogP contribution is 2.10. The van der Waals surface area contributed by atoms with Gasteiger partial charge in [0.1, 0.15) is 12.9 Å². The van der Waals surface area contributed by atoms with Crippen molar-refractivity contribution in [2.45, 2.75) is 40.4 Å². The van der Waals surface area contributed by atoms with E-state index in [1.807, 2.05) is 18.5 Å². The molecule has 0 spiro atoms. The zero-order chi connectivity index (χ0) is 15.9. The smallest absolute Gasteiger partial charge is 0.194 e. The van der Waals surface area contributed by atoms with Crippen LogP contribution in [0.5, 0.6) is 0 Å². The van der Waals surface area contributed by atoms with Crippen molar-refractivity contribution >= 4 is 41.3 Å². The molecule has 0 aromatic carbocycles. The second-order valence-electron chi connectivity index (χ2n) is 4.92. The molecule has 0 saturated heterocycles. The van der Waals surface area contributed by atoms with Gasteiger partial charge in [0, 0.05) is 25.5 Å². The Balaban J connectivity index is 0.00000264. The van der Waals surface area contributed by atoms with E-state index < -0.39 is 0 Å². The van der Waals surface area contributed by atoms with Gasteiger partial charge in [0.15, 0.2) is 11.8 Å². The molecule has 0 bridgehead atoms. The predicted octanol–water partition coefficient (Wildman–Crippen LogP) is 2.28. The molecule has 0 aliphatic carbocycles. The Morgan fingerprint density at radius 3 is 2.83 bits per heavy atom. The largest absolute Gasteiger partial charge is 0.357 e. The average molecular weight is 449 g/mol. The maximum atomic E-state index is 4.65. The van der Waals surface area contributed by atoms with Crippen molar-refractivity contribution < 1.29 is 0 Å². The zero-order valence-electron chi connectivity index (χ0n) is 14.0. The summed E-state index contributed by atoms with van der Waals surface area (Å²) in [5.74, 6) is 1.72. The quantitative estimate of drug-likeness (QED) is 0.416. The Labute approximate surface area is 158 Å². The van der Waals surface area contributed by atoms with Gasteiger partial charge in [-0.25, -0.2) is 9.98 Å². The van der Waals surface area contributed by atoms with Gasteiger partial charge in [-0.15, -0.1) is 45.5 Å². The summed E-state index contributed by atoms with van der Waals surface area (Å²) in [6.07, 6.45) is 1.74. The van der Waals surface area contributed by atoms with Gasteiger partial charge in [0.2, 0.25) is 0 Å². The van der Waals surface area contributed by atoms with Crippen LogP contribution in [0.1, 0.15) is 30.4 Å². The first-order valence-electron chi connectivity index (χ1n) is 7.41. The number of halogens is 1. The molecule has 0 radical (unpaired) electrons. The van der Waals surface area contributed by atoms with E-state index in [9.17, 15) is 0 Å². The molecule has 1 N–H and O–H groups in total. The lowest BCUT2D eigenvalue weighted by molar-refractivity contribution is 0.470. The fraction of sp³-hybridized carbons (Fsp3) is 0.571. The third-order valence-electron chi connectivity index (χ3n) is 3.17. The molecule has 0 saturated carbocycles. The van der Waals surface area contributed by atoms with Crippen molar-refractivity contribution in [1.82, 2.24) is 30.0 Å². The van der Waals surface area contributed by atoms with Gasteiger partial charge in [-0.2, -0.15) is 0 Å². The van der Waals surface area contributed by atoms with Crippen LogP contribution in [0.25, 0.3) is 0 Å². The van der Waals surface area contributed by atoms with E-state index in [0.717, 1.165) is 42.1 Å². The molecule has 0 fully saturated rings. The summed E-state index contributed by atoms with van der Waals surface area (Å²) in [6.45, 7) is 9.06. The number of nitrogens with one attached hydrogen (secondary N) is 1. The maximum Gasteiger partial charge on any atom is 0.194 e. The molecule has 2 aromatic rings. The van der Waals surface area contributed by atoms with E-state index in [1.165, 1.54) is 0 Å². The molecule has 2 rings (SSSR count). The molecule has 23 heavy (non-hydrogen) atoms. The maximum absolute atomic E-state index is 4.65. The van der Waals surface area contributed by atoms with Gasteiger partial charge in [0.05, 0.1) is 17.2 Å². The van der Waals surface area contributed by atoms with Crippen LogP contribution in [0, 0.1) is 6.92 Å². The Kier molecular flexibility index (Phi) is 8.45. The summed E-state index contributed by atoms with van der Waals surface area (Å²) < 4.78 is 2.00. The standard InChI is InChI=1S/C14H23N7S.HI/c1-5-15-14(16-7-13-19-17-10-21(13)6-2)20(4)8-12-9-22-11(3)18-12;/h9-10H,5-8H2,1-4H3,(H,15,16);1H. The van der Waals surface area contributed by atoms with Crippen LogP contribution in [0.4, 0.5) is 0 Å². The minimum absolute atomic E-state index is 0. The Morgan fingerprint density at radius 2 is 2.22 bits per heavy atom. The van der Waals surface area contributed by atoms with Gasteiger partial charge in [-0.1, -0.05) is 0 Å². The van der Waals surface area contributed by atoms with Crippen LogP contribution < -0.4 is 5.32 Å². The molecule has 0 aliphatic heterocycles. The van der Waals surface area contributed by atoms with E-state index in [0.29, 0.717) is 6.54 Å². The summed E-state index contributed by atoms with van der Waals surface area (Å²) in [6, 6.07) is 0. The van der Waals surface area contributed by atoms with Crippen molar-refractivity contribution in [3.8, 4) is 0 Å². The summed E-state index contributed by atoms with van der Waals surface area (Å²) in [5, 5.41) is 14.5. The number of hydrogen-bond acceptors (Lipinski definition) is 5. The molecule has 0 unspecified atom stereocenters. The number of aromatic nitrogens is 4. The zero-order valence-corrected chi connectivity index (χ0v) is 17.1. The number of rotatable bonds is 6. The van der Waals surface area contributed by atoms with E-state index in [4.69, 9.17) is 0 Å². The lowest BCUT2D eigenvalue weighted by atomic mass is 10.4. The third kappa shape index (κ3) is 5.72. The van der Waals surface area contributed by atoms with E-state index >= 15 is 0 Å². The second-order valence-corrected chi connectivity index (χ2v) is 5.98. The first-order valence-corrected chi connectivity index (χ1v) is 8.29. The summed E-state index contributed by atoms with van der Waals surface area (Å²) >= 11 is 1.67. The summed E-state index contributed by atoms with van der Waals surface area (Å²) in [7, 11) is 2.01. The van der Waals surface area contributed by atoms with Crippen molar-refractivity contribution in [2.24, 2.45) is 4.99 Å². The minimum Gasteiger partial charge on any atom is -0.357 e. The molecule has 9 heteroatoms. The van der Waals surface area contributed by atoms with E-state index in [-0.39, 0.29) is 24.0 Å². The highest BCUT2D eigenvalue weighted by atomic mass is 127. The van der Waals surface area contributed by atoms with Crippen molar-refractivity contribution in [3.63, 3.8) is 0 Å². The van der Waals surface area contributed by atoms with E-state index in [1.54, 1.807) is 17.7 Å². The van der Waals surface area contributed by atoms with Crippen LogP contribution in [0.15, 0.2) is 16.7 Å². The first-order chi connectivity index (χ1) is 10.6. The lowest BCUT2D eigenvalue weighted by Crippen LogP contribution is -2.38. The molecule has 0 atom stereocenters. The highest BCUT2D eigenvalue weighted by molar-refractivity contribution is 14.0. The number of nitrogens with zero attached hydrogens (tertiary/aromatic N) is 6. The van der Waals surface area contributed by atoms with Gasteiger partial charge in [0.25, 0.3) is 0 Å². The van der Waals surface area contributed by atoms with Crippen LogP contribution in [-0.4, -0.2) is 44.2 Å². The van der Waals surface area contributed by atoms with Gasteiger partial charge >= 0.3 is 0 Å². The summed E-state index contributed by atoms with van der Waals surface area (Å²) in [5.41, 5.74) is 1.06. The number of thiazole rings is 1. The van der Waals surface area contributed by atoms with Gasteiger partial charge < -0.3 is 14.8 Å². The van der Waals surface area contributed by atoms with Gasteiger partial charge in [-0.3, -0.25) is 0 Å². The number of hydrogen-bond donors (Lipinski definition) is 1. The van der Waals surface area contributed by atoms with Crippen molar-refractivity contribution in [1.29, 1.82) is 0 Å². The average Bonchev–Trinajstić information content (AvgIpc) is 3.11. The number of guanidine groups is 1. The minimum atomic E-state index is 0. The Bertz CT molecular complexity index is 622. The summed E-state index contributed by atoms with van der Waals surface area (Å²) in [4.78, 5) is 11.2. The number of aliphatic imine (C=N–C) groups is 1. The molecule has 7 nitrogen and oxygen atoms in total. The van der Waals surface area contributed by atoms with Gasteiger partial charge in [-0.05, 0) is 20.8 Å². The molecule has 2 aromatic heterocycles.